The second-order valence-corrected chi connectivity index (χ2v) is 6.35. The fourth-order valence-electron chi connectivity index (χ4n) is 2.73. The molecule has 1 saturated heterocycles. The Labute approximate surface area is 123 Å². The van der Waals surface area contributed by atoms with Gasteiger partial charge in [-0.2, -0.15) is 0 Å². The molecule has 1 aliphatic rings. The van der Waals surface area contributed by atoms with Gasteiger partial charge in [0, 0.05) is 29.6 Å². The van der Waals surface area contributed by atoms with Crippen molar-refractivity contribution in [1.29, 1.82) is 0 Å². The maximum absolute atomic E-state index is 6.03. The average Bonchev–Trinajstić information content (AvgIpc) is 2.36. The second kappa shape index (κ2) is 6.38. The Morgan fingerprint density at radius 1 is 1.44 bits per heavy atom. The van der Waals surface area contributed by atoms with Crippen molar-refractivity contribution in [3.8, 4) is 0 Å². The highest BCUT2D eigenvalue weighted by Crippen LogP contribution is 2.27. The zero-order chi connectivity index (χ0) is 13.1. The molecule has 0 amide bonds. The number of benzene rings is 1. The Kier molecular flexibility index (Phi) is 5.07. The molecule has 0 bridgehead atoms. The molecule has 0 saturated carbocycles. The van der Waals surface area contributed by atoms with Crippen molar-refractivity contribution in [2.75, 3.05) is 6.54 Å². The fourth-order valence-corrected chi connectivity index (χ4v) is 3.27. The van der Waals surface area contributed by atoms with E-state index >= 15 is 0 Å². The number of halogens is 2. The summed E-state index contributed by atoms with van der Waals surface area (Å²) in [6.07, 6.45) is 3.78. The van der Waals surface area contributed by atoms with Crippen molar-refractivity contribution in [3.05, 3.63) is 33.3 Å². The van der Waals surface area contributed by atoms with Crippen LogP contribution in [0.2, 0.25) is 5.02 Å². The Hall–Kier alpha value is -0.0900. The lowest BCUT2D eigenvalue weighted by Crippen LogP contribution is -2.48. The van der Waals surface area contributed by atoms with Crippen LogP contribution in [-0.2, 0) is 6.54 Å². The summed E-state index contributed by atoms with van der Waals surface area (Å²) in [5.74, 6) is 0. The zero-order valence-corrected chi connectivity index (χ0v) is 13.0. The molecule has 0 aromatic heterocycles. The SMILES string of the molecule is CC1CCCC(CN)N1Cc1ccc(Cl)c(Br)c1. The smallest absolute Gasteiger partial charge is 0.0548 e. The largest absolute Gasteiger partial charge is 0.329 e. The Morgan fingerprint density at radius 2 is 2.22 bits per heavy atom. The molecule has 2 N–H and O–H groups in total. The second-order valence-electron chi connectivity index (χ2n) is 5.09. The van der Waals surface area contributed by atoms with Crippen LogP contribution in [0.3, 0.4) is 0 Å². The summed E-state index contributed by atoms with van der Waals surface area (Å²) in [6.45, 7) is 4.00. The minimum Gasteiger partial charge on any atom is -0.329 e. The summed E-state index contributed by atoms with van der Waals surface area (Å²) in [5.41, 5.74) is 7.18. The number of nitrogens with zero attached hydrogens (tertiary/aromatic N) is 1. The lowest BCUT2D eigenvalue weighted by molar-refractivity contribution is 0.0892. The van der Waals surface area contributed by atoms with Crippen LogP contribution in [0.1, 0.15) is 31.7 Å². The van der Waals surface area contributed by atoms with E-state index in [0.717, 1.165) is 22.6 Å². The molecular weight excluding hydrogens is 312 g/mol. The molecule has 0 aliphatic carbocycles. The summed E-state index contributed by atoms with van der Waals surface area (Å²) in [7, 11) is 0. The number of nitrogens with two attached hydrogens (primary N) is 1. The number of piperidine rings is 1. The first-order valence-corrected chi connectivity index (χ1v) is 7.68. The molecular formula is C14H20BrClN2. The molecule has 0 spiro atoms. The summed E-state index contributed by atoms with van der Waals surface area (Å²) in [4.78, 5) is 2.53. The highest BCUT2D eigenvalue weighted by atomic mass is 79.9. The van der Waals surface area contributed by atoms with Gasteiger partial charge >= 0.3 is 0 Å². The predicted molar refractivity (Wildman–Crippen MR) is 80.9 cm³/mol. The van der Waals surface area contributed by atoms with E-state index < -0.39 is 0 Å². The molecule has 2 rings (SSSR count). The maximum Gasteiger partial charge on any atom is 0.0548 e. The first kappa shape index (κ1) is 14.3. The minimum atomic E-state index is 0.517. The van der Waals surface area contributed by atoms with E-state index in [0.29, 0.717) is 12.1 Å². The van der Waals surface area contributed by atoms with Crippen molar-refractivity contribution >= 4 is 27.5 Å². The van der Waals surface area contributed by atoms with E-state index in [1.807, 2.05) is 6.07 Å². The standard InChI is InChI=1S/C14H20BrClN2/c1-10-3-2-4-12(8-17)18(10)9-11-5-6-14(16)13(15)7-11/h5-7,10,12H,2-4,8-9,17H2,1H3. The first-order valence-electron chi connectivity index (χ1n) is 6.51. The van der Waals surface area contributed by atoms with Gasteiger partial charge in [0.15, 0.2) is 0 Å². The van der Waals surface area contributed by atoms with Gasteiger partial charge in [0.1, 0.15) is 0 Å². The van der Waals surface area contributed by atoms with Crippen molar-refractivity contribution in [3.63, 3.8) is 0 Å². The molecule has 0 radical (unpaired) electrons. The zero-order valence-electron chi connectivity index (χ0n) is 10.7. The molecule has 2 unspecified atom stereocenters. The van der Waals surface area contributed by atoms with Gasteiger partial charge in [-0.1, -0.05) is 24.1 Å². The highest BCUT2D eigenvalue weighted by Gasteiger charge is 2.26. The van der Waals surface area contributed by atoms with Crippen LogP contribution in [0, 0.1) is 0 Å². The van der Waals surface area contributed by atoms with Crippen molar-refractivity contribution < 1.29 is 0 Å². The molecule has 1 aliphatic heterocycles. The van der Waals surface area contributed by atoms with Crippen LogP contribution in [0.4, 0.5) is 0 Å². The number of hydrogen-bond donors (Lipinski definition) is 1. The normalized spacial score (nSPS) is 25.3. The van der Waals surface area contributed by atoms with Gasteiger partial charge in [0.05, 0.1) is 5.02 Å². The summed E-state index contributed by atoms with van der Waals surface area (Å²) in [6, 6.07) is 7.29. The van der Waals surface area contributed by atoms with Gasteiger partial charge in [-0.15, -0.1) is 0 Å². The van der Waals surface area contributed by atoms with Crippen LogP contribution in [0.5, 0.6) is 0 Å². The van der Waals surface area contributed by atoms with E-state index in [4.69, 9.17) is 17.3 Å². The van der Waals surface area contributed by atoms with Crippen LogP contribution in [0.15, 0.2) is 22.7 Å². The molecule has 2 atom stereocenters. The van der Waals surface area contributed by atoms with Crippen LogP contribution in [-0.4, -0.2) is 23.5 Å². The van der Waals surface area contributed by atoms with Crippen LogP contribution < -0.4 is 5.73 Å². The lowest BCUT2D eigenvalue weighted by atomic mass is 9.95. The monoisotopic (exact) mass is 330 g/mol. The van der Waals surface area contributed by atoms with Crippen molar-refractivity contribution in [1.82, 2.24) is 4.90 Å². The van der Waals surface area contributed by atoms with Crippen molar-refractivity contribution in [2.45, 2.75) is 44.8 Å². The number of likely N-dealkylation sites (tertiary alicyclic amines) is 1. The molecule has 4 heteroatoms. The van der Waals surface area contributed by atoms with Gasteiger partial charge in [0.2, 0.25) is 0 Å². The minimum absolute atomic E-state index is 0.517. The van der Waals surface area contributed by atoms with E-state index in [-0.39, 0.29) is 0 Å². The van der Waals surface area contributed by atoms with Gasteiger partial charge in [-0.3, -0.25) is 4.90 Å². The van der Waals surface area contributed by atoms with Gasteiger partial charge in [0.25, 0.3) is 0 Å². The Morgan fingerprint density at radius 3 is 2.89 bits per heavy atom. The molecule has 2 nitrogen and oxygen atoms in total. The summed E-state index contributed by atoms with van der Waals surface area (Å²) in [5, 5.41) is 0.765. The van der Waals surface area contributed by atoms with Gasteiger partial charge in [-0.05, 0) is 53.4 Å². The molecule has 1 heterocycles. The Bertz CT molecular complexity index is 411. The van der Waals surface area contributed by atoms with Crippen LogP contribution in [0.25, 0.3) is 0 Å². The molecule has 1 aromatic carbocycles. The quantitative estimate of drug-likeness (QED) is 0.912. The molecule has 18 heavy (non-hydrogen) atoms. The third-order valence-corrected chi connectivity index (χ3v) is 5.03. The predicted octanol–water partition coefficient (Wildman–Crippen LogP) is 3.80. The first-order chi connectivity index (χ1) is 8.61. The van der Waals surface area contributed by atoms with E-state index in [2.05, 4.69) is 39.9 Å². The number of rotatable bonds is 3. The molecule has 1 aromatic rings. The summed E-state index contributed by atoms with van der Waals surface area (Å²) < 4.78 is 0.968. The summed E-state index contributed by atoms with van der Waals surface area (Å²) >= 11 is 9.51. The third kappa shape index (κ3) is 3.27. The Balaban J connectivity index is 2.12. The third-order valence-electron chi connectivity index (χ3n) is 3.82. The number of hydrogen-bond acceptors (Lipinski definition) is 2. The fraction of sp³-hybridized carbons (Fsp3) is 0.571. The van der Waals surface area contributed by atoms with Crippen molar-refractivity contribution in [2.24, 2.45) is 5.73 Å². The van der Waals surface area contributed by atoms with E-state index in [9.17, 15) is 0 Å². The molecule has 100 valence electrons. The van der Waals surface area contributed by atoms with E-state index in [1.165, 1.54) is 24.8 Å². The topological polar surface area (TPSA) is 29.3 Å². The van der Waals surface area contributed by atoms with Crippen LogP contribution >= 0.6 is 27.5 Å². The van der Waals surface area contributed by atoms with E-state index in [1.54, 1.807) is 0 Å². The highest BCUT2D eigenvalue weighted by molar-refractivity contribution is 9.10. The average molecular weight is 332 g/mol. The molecule has 1 fully saturated rings. The van der Waals surface area contributed by atoms with Gasteiger partial charge in [-0.25, -0.2) is 0 Å². The maximum atomic E-state index is 6.03. The lowest BCUT2D eigenvalue weighted by Gasteiger charge is -2.40. The van der Waals surface area contributed by atoms with Gasteiger partial charge < -0.3 is 5.73 Å².